The average molecular weight is 290 g/mol. The molecule has 0 saturated heterocycles. The summed E-state index contributed by atoms with van der Waals surface area (Å²) in [6.07, 6.45) is 3.50. The summed E-state index contributed by atoms with van der Waals surface area (Å²) >= 11 is 0. The van der Waals surface area contributed by atoms with Gasteiger partial charge in [0.15, 0.2) is 5.65 Å². The average Bonchev–Trinajstić information content (AvgIpc) is 3.02. The van der Waals surface area contributed by atoms with Crippen molar-refractivity contribution in [3.05, 3.63) is 48.4 Å². The molecule has 0 aliphatic heterocycles. The highest BCUT2D eigenvalue weighted by Gasteiger charge is 2.07. The van der Waals surface area contributed by atoms with Crippen molar-refractivity contribution in [2.45, 2.75) is 6.92 Å². The molecular formula is C17H14N4O. The van der Waals surface area contributed by atoms with Gasteiger partial charge in [0.25, 0.3) is 0 Å². The molecule has 0 saturated carbocycles. The maximum absolute atomic E-state index is 5.20. The number of benzene rings is 1. The van der Waals surface area contributed by atoms with Crippen LogP contribution < -0.4 is 4.74 Å². The number of aromatic nitrogens is 4. The number of fused-ring (bicyclic) bond motifs is 2. The Hall–Kier alpha value is -2.95. The van der Waals surface area contributed by atoms with E-state index in [1.807, 2.05) is 18.3 Å². The first-order chi connectivity index (χ1) is 10.7. The molecule has 4 rings (SSSR count). The van der Waals surface area contributed by atoms with Crippen LogP contribution in [0.1, 0.15) is 5.56 Å². The fourth-order valence-electron chi connectivity index (χ4n) is 2.66. The van der Waals surface area contributed by atoms with E-state index in [-0.39, 0.29) is 0 Å². The maximum Gasteiger partial charge on any atom is 0.213 e. The van der Waals surface area contributed by atoms with E-state index in [1.54, 1.807) is 13.4 Å². The predicted octanol–water partition coefficient (Wildman–Crippen LogP) is 3.49. The lowest BCUT2D eigenvalue weighted by Crippen LogP contribution is -1.91. The third-order valence-electron chi connectivity index (χ3n) is 3.77. The molecule has 3 heterocycles. The standard InChI is InChI=1S/C17H14N4O/c1-10-5-12(6-11-3-4-15(22-2)21-16(10)11)13-7-14-17(18-8-13)20-9-19-14/h3-9H,1-2H3,(H,18,19,20). The molecule has 5 nitrogen and oxygen atoms in total. The van der Waals surface area contributed by atoms with Gasteiger partial charge in [-0.25, -0.2) is 15.0 Å². The summed E-state index contributed by atoms with van der Waals surface area (Å²) in [4.78, 5) is 16.1. The number of aromatic amines is 1. The van der Waals surface area contributed by atoms with Crippen molar-refractivity contribution in [2.24, 2.45) is 0 Å². The monoisotopic (exact) mass is 290 g/mol. The first-order valence-corrected chi connectivity index (χ1v) is 6.99. The van der Waals surface area contributed by atoms with Crippen molar-refractivity contribution in [1.29, 1.82) is 0 Å². The fraction of sp³-hybridized carbons (Fsp3) is 0.118. The molecule has 0 spiro atoms. The first-order valence-electron chi connectivity index (χ1n) is 6.99. The lowest BCUT2D eigenvalue weighted by molar-refractivity contribution is 0.399. The summed E-state index contributed by atoms with van der Waals surface area (Å²) in [5.74, 6) is 0.629. The minimum Gasteiger partial charge on any atom is -0.481 e. The molecule has 22 heavy (non-hydrogen) atoms. The van der Waals surface area contributed by atoms with Crippen LogP contribution in [0.3, 0.4) is 0 Å². The first kappa shape index (κ1) is 12.8. The van der Waals surface area contributed by atoms with Gasteiger partial charge in [0.05, 0.1) is 24.5 Å². The highest BCUT2D eigenvalue weighted by Crippen LogP contribution is 2.28. The molecule has 0 bridgehead atoms. The van der Waals surface area contributed by atoms with Crippen LogP contribution in [0.4, 0.5) is 0 Å². The Kier molecular flexibility index (Phi) is 2.79. The number of methoxy groups -OCH3 is 1. The van der Waals surface area contributed by atoms with Gasteiger partial charge in [-0.3, -0.25) is 0 Å². The maximum atomic E-state index is 5.20. The van der Waals surface area contributed by atoms with Crippen molar-refractivity contribution >= 4 is 22.1 Å². The van der Waals surface area contributed by atoms with E-state index in [2.05, 4.69) is 45.1 Å². The van der Waals surface area contributed by atoms with Crippen LogP contribution in [-0.2, 0) is 0 Å². The van der Waals surface area contributed by atoms with Crippen LogP contribution in [0.15, 0.2) is 42.9 Å². The van der Waals surface area contributed by atoms with E-state index in [4.69, 9.17) is 4.74 Å². The molecule has 0 fully saturated rings. The Labute approximate surface area is 127 Å². The van der Waals surface area contributed by atoms with E-state index in [0.717, 1.165) is 38.8 Å². The number of rotatable bonds is 2. The van der Waals surface area contributed by atoms with Crippen molar-refractivity contribution in [2.75, 3.05) is 7.11 Å². The van der Waals surface area contributed by atoms with Gasteiger partial charge in [0.1, 0.15) is 0 Å². The van der Waals surface area contributed by atoms with Crippen LogP contribution >= 0.6 is 0 Å². The second-order valence-electron chi connectivity index (χ2n) is 5.22. The number of hydrogen-bond donors (Lipinski definition) is 1. The molecule has 0 aliphatic rings. The normalized spacial score (nSPS) is 11.2. The van der Waals surface area contributed by atoms with Gasteiger partial charge in [0.2, 0.25) is 5.88 Å². The lowest BCUT2D eigenvalue weighted by atomic mass is 10.0. The van der Waals surface area contributed by atoms with Gasteiger partial charge in [-0.1, -0.05) is 0 Å². The van der Waals surface area contributed by atoms with E-state index in [1.165, 1.54) is 0 Å². The van der Waals surface area contributed by atoms with Crippen LogP contribution in [0.25, 0.3) is 33.2 Å². The number of aryl methyl sites for hydroxylation is 1. The Morgan fingerprint density at radius 1 is 1.05 bits per heavy atom. The molecule has 108 valence electrons. The van der Waals surface area contributed by atoms with E-state index in [0.29, 0.717) is 5.88 Å². The number of ether oxygens (including phenoxy) is 1. The SMILES string of the molecule is COc1ccc2cc(-c3cnc4nc[nH]c4c3)cc(C)c2n1. The predicted molar refractivity (Wildman–Crippen MR) is 85.9 cm³/mol. The van der Waals surface area contributed by atoms with Crippen molar-refractivity contribution < 1.29 is 4.74 Å². The molecule has 3 aromatic heterocycles. The minimum absolute atomic E-state index is 0.629. The number of H-pyrrole nitrogens is 1. The van der Waals surface area contributed by atoms with Crippen LogP contribution in [0, 0.1) is 6.92 Å². The van der Waals surface area contributed by atoms with Gasteiger partial charge in [-0.05, 0) is 42.3 Å². The van der Waals surface area contributed by atoms with Gasteiger partial charge in [0, 0.05) is 23.2 Å². The molecule has 0 aliphatic carbocycles. The zero-order chi connectivity index (χ0) is 15.1. The quantitative estimate of drug-likeness (QED) is 0.614. The van der Waals surface area contributed by atoms with Crippen LogP contribution in [0.2, 0.25) is 0 Å². The van der Waals surface area contributed by atoms with Gasteiger partial charge >= 0.3 is 0 Å². The third-order valence-corrected chi connectivity index (χ3v) is 3.77. The second kappa shape index (κ2) is 4.80. The fourth-order valence-corrected chi connectivity index (χ4v) is 2.66. The topological polar surface area (TPSA) is 63.7 Å². The minimum atomic E-state index is 0.629. The van der Waals surface area contributed by atoms with Crippen molar-refractivity contribution in [1.82, 2.24) is 19.9 Å². The molecular weight excluding hydrogens is 276 g/mol. The molecule has 0 radical (unpaired) electrons. The molecule has 5 heteroatoms. The summed E-state index contributed by atoms with van der Waals surface area (Å²) in [5.41, 5.74) is 5.89. The van der Waals surface area contributed by atoms with E-state index in [9.17, 15) is 0 Å². The van der Waals surface area contributed by atoms with Gasteiger partial charge < -0.3 is 9.72 Å². The summed E-state index contributed by atoms with van der Waals surface area (Å²) in [6, 6.07) is 10.2. The van der Waals surface area contributed by atoms with Crippen LogP contribution in [-0.4, -0.2) is 27.0 Å². The van der Waals surface area contributed by atoms with Crippen molar-refractivity contribution in [3.63, 3.8) is 0 Å². The molecule has 4 aromatic rings. The third kappa shape index (κ3) is 1.98. The Morgan fingerprint density at radius 3 is 2.82 bits per heavy atom. The smallest absolute Gasteiger partial charge is 0.213 e. The number of nitrogens with one attached hydrogen (secondary N) is 1. The second-order valence-corrected chi connectivity index (χ2v) is 5.22. The van der Waals surface area contributed by atoms with E-state index >= 15 is 0 Å². The number of pyridine rings is 2. The van der Waals surface area contributed by atoms with Crippen molar-refractivity contribution in [3.8, 4) is 17.0 Å². The largest absolute Gasteiger partial charge is 0.481 e. The summed E-state index contributed by atoms with van der Waals surface area (Å²) in [6.45, 7) is 2.06. The lowest BCUT2D eigenvalue weighted by Gasteiger charge is -2.08. The molecule has 0 unspecified atom stereocenters. The van der Waals surface area contributed by atoms with Gasteiger partial charge in [-0.2, -0.15) is 0 Å². The number of nitrogens with zero attached hydrogens (tertiary/aromatic N) is 3. The molecule has 1 aromatic carbocycles. The Morgan fingerprint density at radius 2 is 1.95 bits per heavy atom. The highest BCUT2D eigenvalue weighted by atomic mass is 16.5. The molecule has 1 N–H and O–H groups in total. The van der Waals surface area contributed by atoms with E-state index < -0.39 is 0 Å². The zero-order valence-corrected chi connectivity index (χ0v) is 12.3. The highest BCUT2D eigenvalue weighted by molar-refractivity contribution is 5.88. The summed E-state index contributed by atoms with van der Waals surface area (Å²) in [7, 11) is 1.63. The summed E-state index contributed by atoms with van der Waals surface area (Å²) in [5, 5.41) is 1.08. The Balaban J connectivity index is 1.91. The molecule has 0 amide bonds. The Bertz CT molecular complexity index is 990. The summed E-state index contributed by atoms with van der Waals surface area (Å²) < 4.78 is 5.20. The van der Waals surface area contributed by atoms with Crippen LogP contribution in [0.5, 0.6) is 5.88 Å². The number of imidazole rings is 1. The van der Waals surface area contributed by atoms with Gasteiger partial charge in [-0.15, -0.1) is 0 Å². The molecule has 0 atom stereocenters. The number of hydrogen-bond acceptors (Lipinski definition) is 4. The zero-order valence-electron chi connectivity index (χ0n) is 12.3.